The van der Waals surface area contributed by atoms with Crippen molar-refractivity contribution in [2.75, 3.05) is 11.9 Å². The van der Waals surface area contributed by atoms with E-state index in [0.717, 1.165) is 11.1 Å². The van der Waals surface area contributed by atoms with Crippen LogP contribution in [0.4, 0.5) is 5.95 Å². The summed E-state index contributed by atoms with van der Waals surface area (Å²) < 4.78 is 14.3. The maximum Gasteiger partial charge on any atom is 0.229 e. The quantitative estimate of drug-likeness (QED) is 0.488. The minimum absolute atomic E-state index is 0.116. The monoisotopic (exact) mass is 510 g/mol. The Hall–Kier alpha value is -2.29. The van der Waals surface area contributed by atoms with Crippen molar-refractivity contribution < 1.29 is 14.3 Å². The number of aromatic nitrogens is 3. The number of amides is 1. The lowest BCUT2D eigenvalue weighted by atomic mass is 10.0. The van der Waals surface area contributed by atoms with Crippen LogP contribution in [0, 0.1) is 0 Å². The van der Waals surface area contributed by atoms with E-state index in [1.165, 1.54) is 6.33 Å². The third kappa shape index (κ3) is 4.26. The molecule has 1 atom stereocenters. The number of hydrogen-bond donors (Lipinski definition) is 1. The van der Waals surface area contributed by atoms with Crippen molar-refractivity contribution in [3.05, 3.63) is 62.3 Å². The molecule has 0 aliphatic carbocycles. The molecule has 2 aromatic carbocycles. The van der Waals surface area contributed by atoms with E-state index < -0.39 is 0 Å². The Morgan fingerprint density at radius 2 is 2.07 bits per heavy atom. The van der Waals surface area contributed by atoms with Crippen molar-refractivity contribution in [2.24, 2.45) is 0 Å². The summed E-state index contributed by atoms with van der Waals surface area (Å²) in [6, 6.07) is 8.82. The van der Waals surface area contributed by atoms with Gasteiger partial charge >= 0.3 is 0 Å². The highest BCUT2D eigenvalue weighted by Gasteiger charge is 2.29. The molecule has 10 heteroatoms. The topological polar surface area (TPSA) is 78.3 Å². The molecule has 156 valence electrons. The molecule has 1 N–H and O–H groups in total. The summed E-state index contributed by atoms with van der Waals surface area (Å²) in [5, 5.41) is 7.92. The van der Waals surface area contributed by atoms with Crippen LogP contribution >= 0.6 is 39.1 Å². The first-order chi connectivity index (χ1) is 14.5. The highest BCUT2D eigenvalue weighted by molar-refractivity contribution is 9.10. The molecule has 1 aliphatic rings. The Morgan fingerprint density at radius 3 is 2.83 bits per heavy atom. The van der Waals surface area contributed by atoms with Gasteiger partial charge in [-0.2, -0.15) is 10.1 Å². The lowest BCUT2D eigenvalue weighted by Gasteiger charge is -2.25. The molecule has 2 heterocycles. The number of carbonyl (C=O) groups is 1. The summed E-state index contributed by atoms with van der Waals surface area (Å²) >= 11 is 15.7. The second-order valence-electron chi connectivity index (χ2n) is 6.60. The van der Waals surface area contributed by atoms with Crippen LogP contribution in [0.1, 0.15) is 30.5 Å². The van der Waals surface area contributed by atoms with Gasteiger partial charge in [-0.05, 0) is 58.2 Å². The van der Waals surface area contributed by atoms with E-state index >= 15 is 0 Å². The number of ether oxygens (including phenoxy) is 2. The third-order valence-electron chi connectivity index (χ3n) is 4.58. The lowest BCUT2D eigenvalue weighted by Crippen LogP contribution is -2.29. The number of carbonyl (C=O) groups excluding carboxylic acids is 1. The van der Waals surface area contributed by atoms with Gasteiger partial charge in [0.05, 0.1) is 33.6 Å². The smallest absolute Gasteiger partial charge is 0.229 e. The molecule has 1 aliphatic heterocycles. The molecule has 0 unspecified atom stereocenters. The molecular weight excluding hydrogens is 495 g/mol. The second kappa shape index (κ2) is 8.83. The van der Waals surface area contributed by atoms with Crippen molar-refractivity contribution in [3.63, 3.8) is 0 Å². The fourth-order valence-corrected chi connectivity index (χ4v) is 4.13. The highest BCUT2D eigenvalue weighted by atomic mass is 79.9. The Bertz CT molecular complexity index is 1110. The first kappa shape index (κ1) is 21.0. The second-order valence-corrected chi connectivity index (χ2v) is 8.27. The minimum atomic E-state index is -0.295. The summed E-state index contributed by atoms with van der Waals surface area (Å²) in [7, 11) is 0. The molecule has 0 bridgehead atoms. The average Bonchev–Trinajstić information content (AvgIpc) is 3.17. The van der Waals surface area contributed by atoms with Gasteiger partial charge < -0.3 is 9.47 Å². The van der Waals surface area contributed by atoms with Crippen LogP contribution in [0.25, 0.3) is 0 Å². The molecule has 0 saturated carbocycles. The highest BCUT2D eigenvalue weighted by Crippen LogP contribution is 2.41. The lowest BCUT2D eigenvalue weighted by molar-refractivity contribution is -0.117. The Labute approximate surface area is 191 Å². The Morgan fingerprint density at radius 1 is 1.23 bits per heavy atom. The van der Waals surface area contributed by atoms with Gasteiger partial charge in [0.15, 0.2) is 11.5 Å². The van der Waals surface area contributed by atoms with E-state index in [9.17, 15) is 4.79 Å². The SMILES string of the molecule is CCOc1cc([C@@H]2CC(=O)Nc3ncnn32)cc(Br)c1OCc1ccc(Cl)c(Cl)c1. The molecule has 1 amide bonds. The molecule has 0 saturated heterocycles. The number of hydrogen-bond acceptors (Lipinski definition) is 5. The molecule has 1 aromatic heterocycles. The van der Waals surface area contributed by atoms with Gasteiger partial charge in [0, 0.05) is 0 Å². The number of fused-ring (bicyclic) bond motifs is 1. The van der Waals surface area contributed by atoms with Crippen molar-refractivity contribution in [3.8, 4) is 11.5 Å². The first-order valence-electron chi connectivity index (χ1n) is 9.18. The molecular formula is C20H17BrCl2N4O3. The van der Waals surface area contributed by atoms with Crippen molar-refractivity contribution in [1.29, 1.82) is 0 Å². The Kier molecular flexibility index (Phi) is 6.17. The number of nitrogens with one attached hydrogen (secondary N) is 1. The fraction of sp³-hybridized carbons (Fsp3) is 0.250. The third-order valence-corrected chi connectivity index (χ3v) is 5.91. The normalized spacial score (nSPS) is 15.5. The average molecular weight is 512 g/mol. The van der Waals surface area contributed by atoms with Gasteiger partial charge in [-0.25, -0.2) is 4.68 Å². The van der Waals surface area contributed by atoms with E-state index in [2.05, 4.69) is 31.3 Å². The summed E-state index contributed by atoms with van der Waals surface area (Å²) in [4.78, 5) is 16.2. The zero-order chi connectivity index (χ0) is 21.3. The fourth-order valence-electron chi connectivity index (χ4n) is 3.23. The zero-order valence-electron chi connectivity index (χ0n) is 15.9. The van der Waals surface area contributed by atoms with Gasteiger partial charge in [-0.3, -0.25) is 10.1 Å². The largest absolute Gasteiger partial charge is 0.490 e. The number of nitrogens with zero attached hydrogens (tertiary/aromatic N) is 3. The van der Waals surface area contributed by atoms with E-state index in [1.54, 1.807) is 16.8 Å². The summed E-state index contributed by atoms with van der Waals surface area (Å²) in [5.74, 6) is 1.43. The van der Waals surface area contributed by atoms with Crippen molar-refractivity contribution in [1.82, 2.24) is 14.8 Å². The number of benzene rings is 2. The van der Waals surface area contributed by atoms with Gasteiger partial charge in [0.25, 0.3) is 0 Å². The molecule has 4 rings (SSSR count). The van der Waals surface area contributed by atoms with Crippen LogP contribution < -0.4 is 14.8 Å². The molecule has 0 fully saturated rings. The predicted molar refractivity (Wildman–Crippen MR) is 118 cm³/mol. The van der Waals surface area contributed by atoms with Crippen LogP contribution in [0.5, 0.6) is 11.5 Å². The van der Waals surface area contributed by atoms with E-state index in [0.29, 0.717) is 38.6 Å². The molecule has 0 radical (unpaired) electrons. The van der Waals surface area contributed by atoms with E-state index in [4.69, 9.17) is 32.7 Å². The van der Waals surface area contributed by atoms with Gasteiger partial charge in [0.2, 0.25) is 11.9 Å². The number of rotatable bonds is 6. The molecule has 3 aromatic rings. The van der Waals surface area contributed by atoms with Crippen LogP contribution in [-0.2, 0) is 11.4 Å². The van der Waals surface area contributed by atoms with E-state index in [-0.39, 0.29) is 25.0 Å². The van der Waals surface area contributed by atoms with E-state index in [1.807, 2.05) is 25.1 Å². The maximum absolute atomic E-state index is 12.1. The van der Waals surface area contributed by atoms with Gasteiger partial charge in [0.1, 0.15) is 12.9 Å². The summed E-state index contributed by atoms with van der Waals surface area (Å²) in [6.45, 7) is 2.64. The van der Waals surface area contributed by atoms with Crippen LogP contribution in [0.15, 0.2) is 41.1 Å². The summed E-state index contributed by atoms with van der Waals surface area (Å²) in [5.41, 5.74) is 1.73. The minimum Gasteiger partial charge on any atom is -0.490 e. The number of halogens is 3. The number of anilines is 1. The zero-order valence-corrected chi connectivity index (χ0v) is 19.0. The first-order valence-corrected chi connectivity index (χ1v) is 10.7. The van der Waals surface area contributed by atoms with Crippen LogP contribution in [-0.4, -0.2) is 27.3 Å². The van der Waals surface area contributed by atoms with Crippen molar-refractivity contribution in [2.45, 2.75) is 26.0 Å². The molecule has 0 spiro atoms. The predicted octanol–water partition coefficient (Wildman–Crippen LogP) is 5.26. The maximum atomic E-state index is 12.1. The van der Waals surface area contributed by atoms with Crippen LogP contribution in [0.3, 0.4) is 0 Å². The standard InChI is InChI=1S/C20H17BrCl2N4O3/c1-2-29-17-7-12(16-8-18(28)26-20-24-10-25-27(16)20)6-13(21)19(17)30-9-11-3-4-14(22)15(23)5-11/h3-7,10,16H,2,8-9H2,1H3,(H,24,25,26,28)/t16-/m0/s1. The Balaban J connectivity index is 1.65. The molecule has 30 heavy (non-hydrogen) atoms. The van der Waals surface area contributed by atoms with Crippen LogP contribution in [0.2, 0.25) is 10.0 Å². The summed E-state index contributed by atoms with van der Waals surface area (Å²) in [6.07, 6.45) is 1.67. The molecule has 7 nitrogen and oxygen atoms in total. The van der Waals surface area contributed by atoms with Crippen molar-refractivity contribution >= 4 is 51.0 Å². The van der Waals surface area contributed by atoms with Gasteiger partial charge in [-0.15, -0.1) is 0 Å². The van der Waals surface area contributed by atoms with Gasteiger partial charge in [-0.1, -0.05) is 29.3 Å².